The maximum Gasteiger partial charge on any atom is 0.158 e. The zero-order valence-corrected chi connectivity index (χ0v) is 8.49. The fourth-order valence-corrected chi connectivity index (χ4v) is 1.64. The highest BCUT2D eigenvalue weighted by molar-refractivity contribution is 4.78. The van der Waals surface area contributed by atoms with Crippen LogP contribution in [0.4, 0.5) is 0 Å². The number of rotatable bonds is 5. The summed E-state index contributed by atoms with van der Waals surface area (Å²) < 4.78 is 20.9. The van der Waals surface area contributed by atoms with Gasteiger partial charge in [0, 0.05) is 33.7 Å². The second-order valence-corrected chi connectivity index (χ2v) is 3.25. The molecule has 4 nitrogen and oxygen atoms in total. The van der Waals surface area contributed by atoms with Crippen LogP contribution in [0.5, 0.6) is 0 Å². The first kappa shape index (κ1) is 10.9. The summed E-state index contributed by atoms with van der Waals surface area (Å²) in [4.78, 5) is 0. The van der Waals surface area contributed by atoms with Gasteiger partial charge in [-0.2, -0.15) is 0 Å². The van der Waals surface area contributed by atoms with Gasteiger partial charge < -0.3 is 18.9 Å². The standard InChI is InChI=1S/C9H18O4/c1-10-5-7-4-9(12-3)13-8(7)6-11-2/h7-9H,4-6H2,1-3H3. The van der Waals surface area contributed by atoms with Gasteiger partial charge in [-0.25, -0.2) is 0 Å². The Labute approximate surface area is 79.1 Å². The normalized spacial score (nSPS) is 33.9. The average molecular weight is 190 g/mol. The summed E-state index contributed by atoms with van der Waals surface area (Å²) in [6.07, 6.45) is 0.897. The maximum absolute atomic E-state index is 5.59. The Kier molecular flexibility index (Phi) is 4.66. The molecule has 0 saturated carbocycles. The highest BCUT2D eigenvalue weighted by Gasteiger charge is 2.34. The summed E-state index contributed by atoms with van der Waals surface area (Å²) in [5, 5.41) is 0. The van der Waals surface area contributed by atoms with Gasteiger partial charge in [0.1, 0.15) is 0 Å². The summed E-state index contributed by atoms with van der Waals surface area (Å²) in [6, 6.07) is 0. The zero-order valence-electron chi connectivity index (χ0n) is 8.49. The van der Waals surface area contributed by atoms with Crippen LogP contribution in [0.3, 0.4) is 0 Å². The van der Waals surface area contributed by atoms with E-state index < -0.39 is 0 Å². The fourth-order valence-electron chi connectivity index (χ4n) is 1.64. The second kappa shape index (κ2) is 5.54. The molecule has 3 unspecified atom stereocenters. The van der Waals surface area contributed by atoms with Crippen molar-refractivity contribution in [3.8, 4) is 0 Å². The molecule has 13 heavy (non-hydrogen) atoms. The molecule has 0 radical (unpaired) electrons. The van der Waals surface area contributed by atoms with Crippen molar-refractivity contribution in [2.24, 2.45) is 5.92 Å². The Morgan fingerprint density at radius 3 is 2.38 bits per heavy atom. The van der Waals surface area contributed by atoms with Crippen molar-refractivity contribution in [3.05, 3.63) is 0 Å². The van der Waals surface area contributed by atoms with Gasteiger partial charge >= 0.3 is 0 Å². The van der Waals surface area contributed by atoms with Crippen molar-refractivity contribution in [3.63, 3.8) is 0 Å². The van der Waals surface area contributed by atoms with Crippen molar-refractivity contribution in [2.75, 3.05) is 34.5 Å². The predicted octanol–water partition coefficient (Wildman–Crippen LogP) is 0.657. The van der Waals surface area contributed by atoms with E-state index in [0.717, 1.165) is 6.42 Å². The summed E-state index contributed by atoms with van der Waals surface area (Å²) in [6.45, 7) is 1.31. The predicted molar refractivity (Wildman–Crippen MR) is 47.5 cm³/mol. The smallest absolute Gasteiger partial charge is 0.158 e. The molecule has 3 atom stereocenters. The summed E-state index contributed by atoms with van der Waals surface area (Å²) >= 11 is 0. The largest absolute Gasteiger partial charge is 0.384 e. The molecule has 78 valence electrons. The van der Waals surface area contributed by atoms with Crippen molar-refractivity contribution in [2.45, 2.75) is 18.8 Å². The van der Waals surface area contributed by atoms with Crippen molar-refractivity contribution >= 4 is 0 Å². The minimum atomic E-state index is -0.0969. The Balaban J connectivity index is 2.39. The van der Waals surface area contributed by atoms with Gasteiger partial charge in [-0.05, 0) is 0 Å². The first-order chi connectivity index (χ1) is 6.31. The minimum absolute atomic E-state index is 0.0969. The molecule has 0 aromatic carbocycles. The van der Waals surface area contributed by atoms with Gasteiger partial charge in [0.15, 0.2) is 6.29 Å². The first-order valence-corrected chi connectivity index (χ1v) is 4.48. The quantitative estimate of drug-likeness (QED) is 0.638. The molecule has 1 rings (SSSR count). The van der Waals surface area contributed by atoms with Crippen LogP contribution in [-0.2, 0) is 18.9 Å². The third kappa shape index (κ3) is 2.91. The highest BCUT2D eigenvalue weighted by atomic mass is 16.7. The third-order valence-corrected chi connectivity index (χ3v) is 2.32. The van der Waals surface area contributed by atoms with Gasteiger partial charge in [0.25, 0.3) is 0 Å². The highest BCUT2D eigenvalue weighted by Crippen LogP contribution is 2.27. The monoisotopic (exact) mass is 190 g/mol. The van der Waals surface area contributed by atoms with Gasteiger partial charge in [-0.3, -0.25) is 0 Å². The molecule has 0 bridgehead atoms. The van der Waals surface area contributed by atoms with Gasteiger partial charge in [-0.1, -0.05) is 0 Å². The van der Waals surface area contributed by atoms with E-state index in [9.17, 15) is 0 Å². The van der Waals surface area contributed by atoms with E-state index in [1.165, 1.54) is 0 Å². The molecule has 1 aliphatic heterocycles. The van der Waals surface area contributed by atoms with Crippen LogP contribution in [0.25, 0.3) is 0 Å². The topological polar surface area (TPSA) is 36.9 Å². The summed E-state index contributed by atoms with van der Waals surface area (Å²) in [5.41, 5.74) is 0. The fraction of sp³-hybridized carbons (Fsp3) is 1.00. The molecule has 0 amide bonds. The van der Waals surface area contributed by atoms with Gasteiger partial charge in [-0.15, -0.1) is 0 Å². The molecular weight excluding hydrogens is 172 g/mol. The van der Waals surface area contributed by atoms with E-state index in [1.54, 1.807) is 21.3 Å². The van der Waals surface area contributed by atoms with E-state index in [4.69, 9.17) is 18.9 Å². The molecule has 0 aromatic heterocycles. The number of methoxy groups -OCH3 is 3. The first-order valence-electron chi connectivity index (χ1n) is 4.48. The van der Waals surface area contributed by atoms with Crippen LogP contribution in [0.1, 0.15) is 6.42 Å². The molecular formula is C9H18O4. The number of hydrogen-bond donors (Lipinski definition) is 0. The molecule has 1 aliphatic rings. The molecule has 1 heterocycles. The molecule has 0 aliphatic carbocycles. The average Bonchev–Trinajstić information content (AvgIpc) is 2.50. The lowest BCUT2D eigenvalue weighted by molar-refractivity contribution is -0.128. The minimum Gasteiger partial charge on any atom is -0.384 e. The Bertz CT molecular complexity index is 126. The molecule has 0 N–H and O–H groups in total. The molecule has 0 spiro atoms. The van der Waals surface area contributed by atoms with E-state index in [2.05, 4.69) is 0 Å². The Morgan fingerprint density at radius 2 is 1.85 bits per heavy atom. The van der Waals surface area contributed by atoms with Crippen LogP contribution in [0.2, 0.25) is 0 Å². The zero-order chi connectivity index (χ0) is 9.68. The lowest BCUT2D eigenvalue weighted by Crippen LogP contribution is -2.25. The van der Waals surface area contributed by atoms with Crippen molar-refractivity contribution < 1.29 is 18.9 Å². The van der Waals surface area contributed by atoms with Crippen LogP contribution in [-0.4, -0.2) is 46.9 Å². The van der Waals surface area contributed by atoms with Crippen LogP contribution < -0.4 is 0 Å². The second-order valence-electron chi connectivity index (χ2n) is 3.25. The van der Waals surface area contributed by atoms with Crippen LogP contribution in [0.15, 0.2) is 0 Å². The lowest BCUT2D eigenvalue weighted by atomic mass is 10.0. The summed E-state index contributed by atoms with van der Waals surface area (Å²) in [7, 11) is 5.03. The maximum atomic E-state index is 5.59. The molecule has 4 heteroatoms. The van der Waals surface area contributed by atoms with Crippen LogP contribution >= 0.6 is 0 Å². The Morgan fingerprint density at radius 1 is 1.15 bits per heavy atom. The molecule has 1 fully saturated rings. The third-order valence-electron chi connectivity index (χ3n) is 2.32. The van der Waals surface area contributed by atoms with Crippen molar-refractivity contribution in [1.82, 2.24) is 0 Å². The number of ether oxygens (including phenoxy) is 4. The molecule has 1 saturated heterocycles. The van der Waals surface area contributed by atoms with E-state index in [0.29, 0.717) is 19.1 Å². The summed E-state index contributed by atoms with van der Waals surface area (Å²) in [5.74, 6) is 0.384. The van der Waals surface area contributed by atoms with Crippen molar-refractivity contribution in [1.29, 1.82) is 0 Å². The van der Waals surface area contributed by atoms with E-state index in [1.807, 2.05) is 0 Å². The van der Waals surface area contributed by atoms with E-state index >= 15 is 0 Å². The Hall–Kier alpha value is -0.160. The molecule has 0 aromatic rings. The van der Waals surface area contributed by atoms with Gasteiger partial charge in [0.2, 0.25) is 0 Å². The van der Waals surface area contributed by atoms with E-state index in [-0.39, 0.29) is 12.4 Å². The lowest BCUT2D eigenvalue weighted by Gasteiger charge is -2.15. The number of hydrogen-bond acceptors (Lipinski definition) is 4. The van der Waals surface area contributed by atoms with Gasteiger partial charge in [0.05, 0.1) is 19.3 Å². The SMILES string of the molecule is COCC1CC(OC)OC1COC. The van der Waals surface area contributed by atoms with Crippen LogP contribution in [0, 0.1) is 5.92 Å².